The number of benzene rings is 1. The van der Waals surface area contributed by atoms with E-state index < -0.39 is 74.4 Å². The first-order valence-electron chi connectivity index (χ1n) is 12.4. The highest BCUT2D eigenvalue weighted by Gasteiger charge is 2.62. The minimum absolute atomic E-state index is 0.0535. The van der Waals surface area contributed by atoms with Crippen LogP contribution < -0.4 is 10.0 Å². The van der Waals surface area contributed by atoms with Crippen molar-refractivity contribution in [3.05, 3.63) is 47.8 Å². The van der Waals surface area contributed by atoms with Gasteiger partial charge in [-0.15, -0.1) is 6.58 Å². The highest BCUT2D eigenvalue weighted by molar-refractivity contribution is 7.91. The number of sulfonamides is 1. The predicted molar refractivity (Wildman–Crippen MR) is 131 cm³/mol. The molecule has 38 heavy (non-hydrogen) atoms. The summed E-state index contributed by atoms with van der Waals surface area (Å²) in [5, 5.41) is 11.9. The zero-order valence-corrected chi connectivity index (χ0v) is 21.5. The molecule has 4 aliphatic rings. The summed E-state index contributed by atoms with van der Waals surface area (Å²) in [7, 11) is -3.85. The van der Waals surface area contributed by atoms with Gasteiger partial charge in [0.15, 0.2) is 0 Å². The number of fused-ring (bicyclic) bond motifs is 1. The topological polar surface area (TPSA) is 153 Å². The van der Waals surface area contributed by atoms with E-state index in [0.29, 0.717) is 18.4 Å². The monoisotopic (exact) mass is 548 g/mol. The summed E-state index contributed by atoms with van der Waals surface area (Å²) < 4.78 is 41.3. The van der Waals surface area contributed by atoms with Crippen molar-refractivity contribution in [2.75, 3.05) is 6.54 Å². The third-order valence-corrected chi connectivity index (χ3v) is 9.94. The molecule has 2 heterocycles. The molecule has 0 bridgehead atoms. The molecule has 1 unspecified atom stereocenters. The quantitative estimate of drug-likeness (QED) is 0.434. The van der Waals surface area contributed by atoms with Crippen molar-refractivity contribution in [2.24, 2.45) is 11.8 Å². The minimum Gasteiger partial charge on any atom is -0.465 e. The van der Waals surface area contributed by atoms with Gasteiger partial charge in [-0.3, -0.25) is 24.0 Å². The van der Waals surface area contributed by atoms with Crippen molar-refractivity contribution < 1.29 is 37.1 Å². The van der Waals surface area contributed by atoms with Gasteiger partial charge in [-0.05, 0) is 37.3 Å². The molecule has 3 N–H and O–H groups in total. The summed E-state index contributed by atoms with van der Waals surface area (Å²) in [4.78, 5) is 53.5. The Labute approximate surface area is 219 Å². The summed E-state index contributed by atoms with van der Waals surface area (Å²) >= 11 is 0. The van der Waals surface area contributed by atoms with E-state index in [2.05, 4.69) is 16.6 Å². The average Bonchev–Trinajstić information content (AvgIpc) is 3.73. The van der Waals surface area contributed by atoms with Crippen LogP contribution in [0.4, 0.5) is 9.18 Å². The number of hydrogen-bond donors (Lipinski definition) is 3. The van der Waals surface area contributed by atoms with Crippen LogP contribution in [0.1, 0.15) is 49.8 Å². The van der Waals surface area contributed by atoms with E-state index in [1.807, 2.05) is 0 Å². The lowest BCUT2D eigenvalue weighted by molar-refractivity contribution is -0.138. The fourth-order valence-electron chi connectivity index (χ4n) is 5.86. The number of nitrogens with one attached hydrogen (secondary N) is 2. The molecule has 204 valence electrons. The van der Waals surface area contributed by atoms with Crippen molar-refractivity contribution in [3.8, 4) is 0 Å². The van der Waals surface area contributed by atoms with Crippen LogP contribution in [0.2, 0.25) is 0 Å². The number of carboxylic acid groups (broad SMARTS) is 1. The van der Waals surface area contributed by atoms with Crippen LogP contribution in [0.15, 0.2) is 30.9 Å². The molecule has 4 amide bonds. The van der Waals surface area contributed by atoms with Crippen LogP contribution in [0, 0.1) is 17.7 Å². The lowest BCUT2D eigenvalue weighted by atomic mass is 9.90. The molecule has 0 aromatic heterocycles. The number of amides is 4. The Morgan fingerprint density at radius 2 is 1.92 bits per heavy atom. The Bertz CT molecular complexity index is 1350. The van der Waals surface area contributed by atoms with Crippen LogP contribution in [0.5, 0.6) is 0 Å². The Morgan fingerprint density at radius 1 is 1.21 bits per heavy atom. The third-order valence-electron chi connectivity index (χ3n) is 8.12. The minimum atomic E-state index is -3.85. The van der Waals surface area contributed by atoms with Gasteiger partial charge in [0.05, 0.1) is 17.8 Å². The Morgan fingerprint density at radius 3 is 2.50 bits per heavy atom. The first-order chi connectivity index (χ1) is 17.9. The maximum absolute atomic E-state index is 14.5. The van der Waals surface area contributed by atoms with Crippen LogP contribution >= 0.6 is 0 Å². The van der Waals surface area contributed by atoms with Gasteiger partial charge < -0.3 is 15.3 Å². The molecule has 1 aromatic rings. The van der Waals surface area contributed by atoms with E-state index in [1.165, 1.54) is 30.0 Å². The predicted octanol–water partition coefficient (Wildman–Crippen LogP) is 1.27. The summed E-state index contributed by atoms with van der Waals surface area (Å²) in [5.74, 6) is -3.43. The van der Waals surface area contributed by atoms with Crippen LogP contribution in [-0.4, -0.2) is 70.5 Å². The highest BCUT2D eigenvalue weighted by Crippen LogP contribution is 2.47. The van der Waals surface area contributed by atoms with Crippen LogP contribution in [0.3, 0.4) is 0 Å². The summed E-state index contributed by atoms with van der Waals surface area (Å²) in [6.45, 7) is 4.87. The molecule has 11 nitrogen and oxygen atoms in total. The van der Waals surface area contributed by atoms with Gasteiger partial charge in [0, 0.05) is 30.9 Å². The second-order valence-corrected chi connectivity index (χ2v) is 12.5. The zero-order valence-electron chi connectivity index (χ0n) is 20.7. The van der Waals surface area contributed by atoms with Gasteiger partial charge in [-0.1, -0.05) is 18.2 Å². The molecule has 0 spiro atoms. The summed E-state index contributed by atoms with van der Waals surface area (Å²) in [6.07, 6.45) is 1.39. The lowest BCUT2D eigenvalue weighted by Crippen LogP contribution is -2.56. The molecular weight excluding hydrogens is 519 g/mol. The molecule has 5 atom stereocenters. The normalized spacial score (nSPS) is 29.9. The van der Waals surface area contributed by atoms with E-state index >= 15 is 0 Å². The van der Waals surface area contributed by atoms with Crippen molar-refractivity contribution in [1.29, 1.82) is 0 Å². The second-order valence-electron chi connectivity index (χ2n) is 10.5. The number of likely N-dealkylation sites (tertiary alicyclic amines) is 1. The Kier molecular flexibility index (Phi) is 6.24. The van der Waals surface area contributed by atoms with E-state index in [0.717, 1.165) is 4.90 Å². The zero-order chi connectivity index (χ0) is 27.6. The average molecular weight is 549 g/mol. The van der Waals surface area contributed by atoms with Crippen molar-refractivity contribution in [2.45, 2.75) is 62.0 Å². The van der Waals surface area contributed by atoms with Crippen molar-refractivity contribution >= 4 is 33.8 Å². The maximum atomic E-state index is 14.5. The SMILES string of the molecule is C=C[C@@H]1C[C@]1(NC(=O)[C@@H]1C[C@@H](C2c3cccc(F)c3CN2C(=O)O)CN1C(C)=O)C(=O)NS(=O)(=O)C1CC1. The van der Waals surface area contributed by atoms with Gasteiger partial charge in [0.25, 0.3) is 5.91 Å². The van der Waals surface area contributed by atoms with Gasteiger partial charge in [-0.2, -0.15) is 0 Å². The number of carbonyl (C=O) groups excluding carboxylic acids is 3. The molecule has 13 heteroatoms. The van der Waals surface area contributed by atoms with Crippen LogP contribution in [-0.2, 0) is 31.0 Å². The van der Waals surface area contributed by atoms with Crippen LogP contribution in [0.25, 0.3) is 0 Å². The number of rotatable bonds is 7. The molecule has 3 fully saturated rings. The molecule has 5 rings (SSSR count). The maximum Gasteiger partial charge on any atom is 0.408 e. The smallest absolute Gasteiger partial charge is 0.408 e. The summed E-state index contributed by atoms with van der Waals surface area (Å²) in [6, 6.07) is 2.61. The van der Waals surface area contributed by atoms with E-state index in [1.54, 1.807) is 6.07 Å². The standard InChI is InChI=1S/C25H29FN4O7S/c1-3-15-10-25(15,23(33)28-38(36,37)16-7-8-16)27-22(32)20-9-14(11-29(20)13(2)31)21-17-5-4-6-19(26)18(17)12-30(21)24(34)35/h3-6,14-16,20-21H,1,7-12H2,2H3,(H,27,32)(H,28,33)(H,34,35)/t14-,15-,20+,21?,25-/m1/s1. The van der Waals surface area contributed by atoms with E-state index in [-0.39, 0.29) is 31.5 Å². The fraction of sp³-hybridized carbons (Fsp3) is 0.520. The first-order valence-corrected chi connectivity index (χ1v) is 14.0. The number of nitrogens with zero attached hydrogens (tertiary/aromatic N) is 2. The van der Waals surface area contributed by atoms with Gasteiger partial charge in [0.1, 0.15) is 17.4 Å². The second kappa shape index (κ2) is 9.07. The molecule has 2 saturated carbocycles. The van der Waals surface area contributed by atoms with E-state index in [9.17, 15) is 37.1 Å². The molecule has 2 aliphatic carbocycles. The van der Waals surface area contributed by atoms with Crippen molar-refractivity contribution in [3.63, 3.8) is 0 Å². The van der Waals surface area contributed by atoms with Gasteiger partial charge >= 0.3 is 6.09 Å². The molecule has 1 saturated heterocycles. The number of carbonyl (C=O) groups is 4. The third kappa shape index (κ3) is 4.32. The molecule has 2 aliphatic heterocycles. The van der Waals surface area contributed by atoms with Gasteiger partial charge in [0.2, 0.25) is 21.8 Å². The molecule has 1 aromatic carbocycles. The lowest BCUT2D eigenvalue weighted by Gasteiger charge is -2.27. The first kappa shape index (κ1) is 26.1. The van der Waals surface area contributed by atoms with Crippen molar-refractivity contribution in [1.82, 2.24) is 19.8 Å². The molecule has 0 radical (unpaired) electrons. The Balaban J connectivity index is 1.38. The summed E-state index contributed by atoms with van der Waals surface area (Å²) in [5.41, 5.74) is -0.740. The number of halogens is 1. The highest BCUT2D eigenvalue weighted by atomic mass is 32.2. The largest absolute Gasteiger partial charge is 0.465 e. The Hall–Kier alpha value is -3.48. The number of hydrogen-bond acceptors (Lipinski definition) is 6. The fourth-order valence-corrected chi connectivity index (χ4v) is 7.23. The van der Waals surface area contributed by atoms with Gasteiger partial charge in [-0.25, -0.2) is 17.6 Å². The molecular formula is C25H29FN4O7S. The van der Waals surface area contributed by atoms with E-state index in [4.69, 9.17) is 0 Å².